The third-order valence-corrected chi connectivity index (χ3v) is 6.22. The van der Waals surface area contributed by atoms with Crippen molar-refractivity contribution < 1.29 is 27.9 Å². The van der Waals surface area contributed by atoms with Crippen LogP contribution in [0, 0.1) is 0 Å². The molecule has 1 aromatic carbocycles. The fraction of sp³-hybridized carbons (Fsp3) is 0.529. The van der Waals surface area contributed by atoms with E-state index < -0.39 is 27.9 Å². The summed E-state index contributed by atoms with van der Waals surface area (Å²) in [5, 5.41) is 11.9. The first-order valence-corrected chi connectivity index (χ1v) is 10.1. The van der Waals surface area contributed by atoms with E-state index in [1.54, 1.807) is 13.0 Å². The number of carboxylic acids is 1. The van der Waals surface area contributed by atoms with Crippen molar-refractivity contribution in [1.29, 1.82) is 0 Å². The minimum Gasteiger partial charge on any atom is -0.478 e. The van der Waals surface area contributed by atoms with Crippen LogP contribution >= 0.6 is 0 Å². The minimum atomic E-state index is -3.48. The van der Waals surface area contributed by atoms with Crippen LogP contribution < -0.4 is 5.32 Å². The minimum absolute atomic E-state index is 0.00324. The molecule has 1 aliphatic heterocycles. The first-order valence-electron chi connectivity index (χ1n) is 8.45. The summed E-state index contributed by atoms with van der Waals surface area (Å²) in [4.78, 5) is 23.9. The lowest BCUT2D eigenvalue weighted by Gasteiger charge is -2.23. The van der Waals surface area contributed by atoms with Gasteiger partial charge >= 0.3 is 5.97 Å². The van der Waals surface area contributed by atoms with Gasteiger partial charge < -0.3 is 15.2 Å². The quantitative estimate of drug-likeness (QED) is 0.705. The molecule has 1 unspecified atom stereocenters. The highest BCUT2D eigenvalue weighted by atomic mass is 32.2. The molecule has 1 heterocycles. The van der Waals surface area contributed by atoms with Gasteiger partial charge in [-0.15, -0.1) is 0 Å². The van der Waals surface area contributed by atoms with Crippen LogP contribution in [-0.2, 0) is 26.2 Å². The lowest BCUT2D eigenvalue weighted by molar-refractivity contribution is -0.119. The molecule has 1 amide bonds. The van der Waals surface area contributed by atoms with Gasteiger partial charge in [0.15, 0.2) is 0 Å². The van der Waals surface area contributed by atoms with Crippen molar-refractivity contribution >= 4 is 27.6 Å². The van der Waals surface area contributed by atoms with E-state index in [0.717, 1.165) is 0 Å². The lowest BCUT2D eigenvalue weighted by Crippen LogP contribution is -2.44. The van der Waals surface area contributed by atoms with Crippen LogP contribution in [0.4, 0.5) is 5.69 Å². The van der Waals surface area contributed by atoms with Gasteiger partial charge in [-0.25, -0.2) is 13.2 Å². The number of aromatic carboxylic acids is 1. The van der Waals surface area contributed by atoms with Gasteiger partial charge in [-0.2, -0.15) is 4.31 Å². The standard InChI is InChI=1S/C17H24N2O6S/c1-3-7-26(23,24)19-6-4-5-15(19)16(20)18-14-9-12(11-25-2)8-13(10-14)17(21)22/h8-10,15H,3-7,11H2,1-2H3,(H,18,20)(H,21,22). The zero-order valence-electron chi connectivity index (χ0n) is 14.9. The van der Waals surface area contributed by atoms with Crippen LogP contribution in [0.2, 0.25) is 0 Å². The lowest BCUT2D eigenvalue weighted by atomic mass is 10.1. The van der Waals surface area contributed by atoms with E-state index >= 15 is 0 Å². The van der Waals surface area contributed by atoms with Gasteiger partial charge in [0.25, 0.3) is 0 Å². The summed E-state index contributed by atoms with van der Waals surface area (Å²) in [5.41, 5.74) is 0.933. The molecule has 1 aromatic rings. The molecule has 1 fully saturated rings. The van der Waals surface area contributed by atoms with E-state index in [1.165, 1.54) is 23.5 Å². The predicted molar refractivity (Wildman–Crippen MR) is 96.5 cm³/mol. The number of amides is 1. The van der Waals surface area contributed by atoms with Crippen LogP contribution in [-0.4, -0.2) is 55.2 Å². The summed E-state index contributed by atoms with van der Waals surface area (Å²) < 4.78 is 30.9. The molecule has 2 N–H and O–H groups in total. The van der Waals surface area contributed by atoms with E-state index in [2.05, 4.69) is 5.32 Å². The second-order valence-corrected chi connectivity index (χ2v) is 8.27. The molecule has 0 saturated carbocycles. The zero-order valence-corrected chi connectivity index (χ0v) is 15.7. The Morgan fingerprint density at radius 2 is 2.08 bits per heavy atom. The maximum atomic E-state index is 12.6. The van der Waals surface area contributed by atoms with Gasteiger partial charge in [0.2, 0.25) is 15.9 Å². The Morgan fingerprint density at radius 3 is 2.69 bits per heavy atom. The van der Waals surface area contributed by atoms with Crippen LogP contribution in [0.1, 0.15) is 42.1 Å². The second kappa shape index (κ2) is 8.61. The summed E-state index contributed by atoms with van der Waals surface area (Å²) in [6.45, 7) is 2.30. The molecule has 0 aromatic heterocycles. The zero-order chi connectivity index (χ0) is 19.3. The number of carbonyl (C=O) groups is 2. The molecule has 0 spiro atoms. The van der Waals surface area contributed by atoms with E-state index in [9.17, 15) is 23.1 Å². The number of carbonyl (C=O) groups excluding carboxylic acids is 1. The smallest absolute Gasteiger partial charge is 0.335 e. The van der Waals surface area contributed by atoms with Crippen molar-refractivity contribution in [2.75, 3.05) is 24.7 Å². The molecule has 0 aliphatic carbocycles. The van der Waals surface area contributed by atoms with Crippen LogP contribution in [0.25, 0.3) is 0 Å². The van der Waals surface area contributed by atoms with Crippen molar-refractivity contribution in [2.24, 2.45) is 0 Å². The Labute approximate surface area is 153 Å². The van der Waals surface area contributed by atoms with E-state index in [0.29, 0.717) is 37.1 Å². The van der Waals surface area contributed by atoms with E-state index in [4.69, 9.17) is 4.74 Å². The molecule has 0 bridgehead atoms. The molecule has 1 aliphatic rings. The van der Waals surface area contributed by atoms with Gasteiger partial charge in [-0.05, 0) is 43.0 Å². The Hall–Kier alpha value is -1.97. The number of nitrogens with zero attached hydrogens (tertiary/aromatic N) is 1. The number of sulfonamides is 1. The Bertz CT molecular complexity index is 777. The highest BCUT2D eigenvalue weighted by molar-refractivity contribution is 7.89. The first-order chi connectivity index (χ1) is 12.3. The maximum absolute atomic E-state index is 12.6. The Morgan fingerprint density at radius 1 is 1.35 bits per heavy atom. The molecule has 26 heavy (non-hydrogen) atoms. The van der Waals surface area contributed by atoms with Crippen molar-refractivity contribution in [3.63, 3.8) is 0 Å². The van der Waals surface area contributed by atoms with Gasteiger partial charge in [0.1, 0.15) is 6.04 Å². The van der Waals surface area contributed by atoms with E-state index in [1.807, 2.05) is 0 Å². The molecule has 2 rings (SSSR count). The number of anilines is 1. The fourth-order valence-corrected chi connectivity index (χ4v) is 4.82. The fourth-order valence-electron chi connectivity index (χ4n) is 3.07. The van der Waals surface area contributed by atoms with Crippen LogP contribution in [0.5, 0.6) is 0 Å². The van der Waals surface area contributed by atoms with Crippen LogP contribution in [0.15, 0.2) is 18.2 Å². The summed E-state index contributed by atoms with van der Waals surface area (Å²) in [6, 6.07) is 3.66. The highest BCUT2D eigenvalue weighted by Crippen LogP contribution is 2.24. The van der Waals surface area contributed by atoms with E-state index in [-0.39, 0.29) is 17.9 Å². The molecule has 9 heteroatoms. The molecular formula is C17H24N2O6S. The number of benzene rings is 1. The Kier molecular flexibility index (Phi) is 6.74. The highest BCUT2D eigenvalue weighted by Gasteiger charge is 2.38. The molecule has 144 valence electrons. The van der Waals surface area contributed by atoms with Gasteiger partial charge in [-0.1, -0.05) is 6.92 Å². The molecular weight excluding hydrogens is 360 g/mol. The number of ether oxygens (including phenoxy) is 1. The molecule has 8 nitrogen and oxygen atoms in total. The number of rotatable bonds is 8. The number of nitrogens with one attached hydrogen (secondary N) is 1. The predicted octanol–water partition coefficient (Wildman–Crippen LogP) is 1.67. The monoisotopic (exact) mass is 384 g/mol. The summed E-state index contributed by atoms with van der Waals surface area (Å²) in [6.07, 6.45) is 1.54. The Balaban J connectivity index is 2.22. The van der Waals surface area contributed by atoms with Crippen molar-refractivity contribution in [2.45, 2.75) is 38.8 Å². The van der Waals surface area contributed by atoms with Crippen molar-refractivity contribution in [1.82, 2.24) is 4.31 Å². The number of hydrogen-bond acceptors (Lipinski definition) is 5. The molecule has 0 radical (unpaired) electrons. The van der Waals surface area contributed by atoms with Gasteiger partial charge in [-0.3, -0.25) is 4.79 Å². The maximum Gasteiger partial charge on any atom is 0.335 e. The first kappa shape index (κ1) is 20.3. The van der Waals surface area contributed by atoms with Crippen LogP contribution in [0.3, 0.4) is 0 Å². The number of hydrogen-bond donors (Lipinski definition) is 2. The van der Waals surface area contributed by atoms with Gasteiger partial charge in [0, 0.05) is 19.3 Å². The SMILES string of the molecule is CCCS(=O)(=O)N1CCCC1C(=O)Nc1cc(COC)cc(C(=O)O)c1. The summed E-state index contributed by atoms with van der Waals surface area (Å²) in [7, 11) is -1.99. The summed E-state index contributed by atoms with van der Waals surface area (Å²) in [5.74, 6) is -1.57. The largest absolute Gasteiger partial charge is 0.478 e. The topological polar surface area (TPSA) is 113 Å². The molecule has 1 atom stereocenters. The average Bonchev–Trinajstić information content (AvgIpc) is 3.05. The third-order valence-electron chi connectivity index (χ3n) is 4.14. The number of methoxy groups -OCH3 is 1. The average molecular weight is 384 g/mol. The van der Waals surface area contributed by atoms with Gasteiger partial charge in [0.05, 0.1) is 17.9 Å². The normalized spacial score (nSPS) is 18.0. The summed E-state index contributed by atoms with van der Waals surface area (Å²) >= 11 is 0. The molecule has 1 saturated heterocycles. The van der Waals surface area contributed by atoms with Crippen molar-refractivity contribution in [3.05, 3.63) is 29.3 Å². The number of carboxylic acid groups (broad SMARTS) is 1. The second-order valence-electron chi connectivity index (χ2n) is 6.23. The van der Waals surface area contributed by atoms with Crippen molar-refractivity contribution in [3.8, 4) is 0 Å². The third kappa shape index (κ3) is 4.80.